The van der Waals surface area contributed by atoms with Crippen molar-refractivity contribution in [3.05, 3.63) is 53.0 Å². The number of nitrogens with zero attached hydrogens (tertiary/aromatic N) is 1. The molecule has 134 valence electrons. The number of benzene rings is 1. The highest BCUT2D eigenvalue weighted by atomic mass is 16.3. The van der Waals surface area contributed by atoms with Crippen molar-refractivity contribution in [2.75, 3.05) is 18.5 Å². The minimum Gasteiger partial charge on any atom is -0.465 e. The van der Waals surface area contributed by atoms with Crippen LogP contribution in [0.1, 0.15) is 59.2 Å². The topological polar surface area (TPSA) is 65.7 Å². The second kappa shape index (κ2) is 7.74. The Kier molecular flexibility index (Phi) is 5.43. The molecule has 2 heterocycles. The molecule has 1 unspecified atom stereocenters. The summed E-state index contributed by atoms with van der Waals surface area (Å²) in [5, 5.41) is 13.4. The van der Waals surface area contributed by atoms with Crippen LogP contribution < -0.4 is 10.2 Å². The molecule has 5 nitrogen and oxygen atoms in total. The van der Waals surface area contributed by atoms with E-state index in [-0.39, 0.29) is 5.91 Å². The van der Waals surface area contributed by atoms with Crippen LogP contribution in [0.3, 0.4) is 0 Å². The summed E-state index contributed by atoms with van der Waals surface area (Å²) in [5.74, 6) is 1.40. The molecule has 2 N–H and O–H groups in total. The Labute approximate surface area is 148 Å². The summed E-state index contributed by atoms with van der Waals surface area (Å²) in [7, 11) is 2.04. The maximum atomic E-state index is 12.5. The van der Waals surface area contributed by atoms with Crippen LogP contribution in [-0.2, 0) is 6.54 Å². The van der Waals surface area contributed by atoms with Crippen LogP contribution in [0.25, 0.3) is 0 Å². The Morgan fingerprint density at radius 2 is 2.12 bits per heavy atom. The molecule has 0 aliphatic carbocycles. The first kappa shape index (κ1) is 17.5. The van der Waals surface area contributed by atoms with Crippen LogP contribution in [0.4, 0.5) is 5.69 Å². The number of carbonyl (C=O) groups excluding carboxylic acids is 1. The number of hydrogen-bond donors (Lipinski definition) is 2. The Morgan fingerprint density at radius 1 is 1.28 bits per heavy atom. The molecular formula is C20H26N2O3. The van der Waals surface area contributed by atoms with Gasteiger partial charge in [0.05, 0.1) is 12.6 Å². The Hall–Kier alpha value is -2.27. The number of fused-ring (bicyclic) bond motifs is 1. The van der Waals surface area contributed by atoms with Crippen molar-refractivity contribution in [2.45, 2.75) is 45.3 Å². The quantitative estimate of drug-likeness (QED) is 0.895. The van der Waals surface area contributed by atoms with E-state index in [0.717, 1.165) is 55.0 Å². The van der Waals surface area contributed by atoms with Crippen molar-refractivity contribution in [1.29, 1.82) is 0 Å². The molecule has 0 fully saturated rings. The normalized spacial score (nSPS) is 18.0. The van der Waals surface area contributed by atoms with Crippen molar-refractivity contribution in [3.8, 4) is 0 Å². The predicted molar refractivity (Wildman–Crippen MR) is 97.8 cm³/mol. The Balaban J connectivity index is 1.78. The van der Waals surface area contributed by atoms with Crippen LogP contribution in [0.15, 0.2) is 34.7 Å². The number of aliphatic hydroxyl groups excluding tert-OH is 1. The third kappa shape index (κ3) is 4.23. The maximum Gasteiger partial charge on any atom is 0.251 e. The van der Waals surface area contributed by atoms with E-state index in [2.05, 4.69) is 10.2 Å². The molecule has 3 rings (SSSR count). The van der Waals surface area contributed by atoms with Gasteiger partial charge < -0.3 is 19.7 Å². The number of furan rings is 1. The van der Waals surface area contributed by atoms with Crippen LogP contribution in [0.5, 0.6) is 0 Å². The van der Waals surface area contributed by atoms with Gasteiger partial charge in [-0.3, -0.25) is 4.79 Å². The van der Waals surface area contributed by atoms with Gasteiger partial charge in [-0.05, 0) is 50.1 Å². The zero-order valence-corrected chi connectivity index (χ0v) is 14.9. The molecule has 2 aromatic rings. The van der Waals surface area contributed by atoms with Gasteiger partial charge in [0, 0.05) is 30.4 Å². The molecule has 1 aromatic heterocycles. The number of aliphatic hydroxyl groups is 1. The first-order valence-electron chi connectivity index (χ1n) is 8.91. The molecule has 1 aliphatic rings. The fourth-order valence-electron chi connectivity index (χ4n) is 3.30. The minimum atomic E-state index is -0.531. The number of aryl methyl sites for hydroxylation is 1. The minimum absolute atomic E-state index is 0.161. The summed E-state index contributed by atoms with van der Waals surface area (Å²) in [6.45, 7) is 3.19. The molecule has 0 saturated carbocycles. The summed E-state index contributed by atoms with van der Waals surface area (Å²) in [6, 6.07) is 9.32. The molecule has 0 saturated heterocycles. The van der Waals surface area contributed by atoms with E-state index in [1.807, 2.05) is 44.3 Å². The first-order chi connectivity index (χ1) is 12.0. The second-order valence-electron chi connectivity index (χ2n) is 6.76. The molecule has 5 heteroatoms. The number of amides is 1. The van der Waals surface area contributed by atoms with Gasteiger partial charge in [0.2, 0.25) is 0 Å². The van der Waals surface area contributed by atoms with E-state index in [1.165, 1.54) is 0 Å². The van der Waals surface area contributed by atoms with Gasteiger partial charge in [0.25, 0.3) is 5.91 Å². The van der Waals surface area contributed by atoms with Gasteiger partial charge >= 0.3 is 0 Å². The van der Waals surface area contributed by atoms with Crippen molar-refractivity contribution < 1.29 is 14.3 Å². The number of nitrogens with one attached hydrogen (secondary N) is 1. The monoisotopic (exact) mass is 342 g/mol. The van der Waals surface area contributed by atoms with E-state index in [0.29, 0.717) is 12.1 Å². The number of rotatable bonds is 3. The van der Waals surface area contributed by atoms with E-state index >= 15 is 0 Å². The Bertz CT molecular complexity index is 738. The highest BCUT2D eigenvalue weighted by Crippen LogP contribution is 2.32. The number of carbonyl (C=O) groups is 1. The van der Waals surface area contributed by atoms with Crippen molar-refractivity contribution in [1.82, 2.24) is 5.32 Å². The van der Waals surface area contributed by atoms with Gasteiger partial charge in [0.1, 0.15) is 11.5 Å². The van der Waals surface area contributed by atoms with Gasteiger partial charge in [-0.1, -0.05) is 12.8 Å². The summed E-state index contributed by atoms with van der Waals surface area (Å²) in [5.41, 5.74) is 2.41. The van der Waals surface area contributed by atoms with Gasteiger partial charge in [-0.25, -0.2) is 0 Å². The lowest BCUT2D eigenvalue weighted by Gasteiger charge is -2.23. The summed E-state index contributed by atoms with van der Waals surface area (Å²) < 4.78 is 5.47. The highest BCUT2D eigenvalue weighted by Gasteiger charge is 2.19. The summed E-state index contributed by atoms with van der Waals surface area (Å²) >= 11 is 0. The van der Waals surface area contributed by atoms with E-state index in [1.54, 1.807) is 0 Å². The standard InChI is InChI=1S/C20H26N2O3/c1-14-7-9-16(25-14)13-21-20(24)15-8-10-18-17(12-15)19(23)6-4-3-5-11-22(18)2/h7-10,12,19,23H,3-6,11,13H2,1-2H3,(H,21,24). The molecule has 1 aromatic carbocycles. The zero-order valence-electron chi connectivity index (χ0n) is 14.9. The molecule has 0 radical (unpaired) electrons. The first-order valence-corrected chi connectivity index (χ1v) is 8.91. The van der Waals surface area contributed by atoms with Gasteiger partial charge in [0.15, 0.2) is 0 Å². The zero-order chi connectivity index (χ0) is 17.8. The molecule has 1 aliphatic heterocycles. The number of anilines is 1. The van der Waals surface area contributed by atoms with Crippen molar-refractivity contribution in [3.63, 3.8) is 0 Å². The van der Waals surface area contributed by atoms with Crippen LogP contribution in [-0.4, -0.2) is 24.6 Å². The average Bonchev–Trinajstić information content (AvgIpc) is 3.05. The molecule has 0 spiro atoms. The van der Waals surface area contributed by atoms with Gasteiger partial charge in [-0.15, -0.1) is 0 Å². The average molecular weight is 342 g/mol. The third-order valence-corrected chi connectivity index (χ3v) is 4.75. The lowest BCUT2D eigenvalue weighted by Crippen LogP contribution is -2.24. The van der Waals surface area contributed by atoms with Crippen LogP contribution >= 0.6 is 0 Å². The fraction of sp³-hybridized carbons (Fsp3) is 0.450. The second-order valence-corrected chi connectivity index (χ2v) is 6.76. The fourth-order valence-corrected chi connectivity index (χ4v) is 3.30. The largest absolute Gasteiger partial charge is 0.465 e. The molecule has 25 heavy (non-hydrogen) atoms. The summed E-state index contributed by atoms with van der Waals surface area (Å²) in [6.07, 6.45) is 3.44. The Morgan fingerprint density at radius 3 is 2.88 bits per heavy atom. The molecule has 0 bridgehead atoms. The number of hydrogen-bond acceptors (Lipinski definition) is 4. The predicted octanol–water partition coefficient (Wildman–Crippen LogP) is 3.56. The smallest absolute Gasteiger partial charge is 0.251 e. The lowest BCUT2D eigenvalue weighted by molar-refractivity contribution is 0.0947. The van der Waals surface area contributed by atoms with E-state index in [9.17, 15) is 9.90 Å². The van der Waals surface area contributed by atoms with Crippen molar-refractivity contribution >= 4 is 11.6 Å². The SMILES string of the molecule is Cc1ccc(CNC(=O)c2ccc3c(c2)C(O)CCCCCN3C)o1. The molecule has 1 amide bonds. The molecule has 1 atom stereocenters. The van der Waals surface area contributed by atoms with Crippen LogP contribution in [0.2, 0.25) is 0 Å². The summed E-state index contributed by atoms with van der Waals surface area (Å²) in [4.78, 5) is 14.6. The van der Waals surface area contributed by atoms with Crippen molar-refractivity contribution in [2.24, 2.45) is 0 Å². The molecular weight excluding hydrogens is 316 g/mol. The third-order valence-electron chi connectivity index (χ3n) is 4.75. The van der Waals surface area contributed by atoms with Crippen LogP contribution in [0, 0.1) is 6.92 Å². The van der Waals surface area contributed by atoms with E-state index < -0.39 is 6.10 Å². The van der Waals surface area contributed by atoms with Gasteiger partial charge in [-0.2, -0.15) is 0 Å². The lowest BCUT2D eigenvalue weighted by atomic mass is 9.99. The highest BCUT2D eigenvalue weighted by molar-refractivity contribution is 5.94. The maximum absolute atomic E-state index is 12.5. The van der Waals surface area contributed by atoms with E-state index in [4.69, 9.17) is 4.42 Å².